The number of hydrogen-bond acceptors (Lipinski definition) is 3. The molecule has 1 saturated carbocycles. The number of aliphatic hydroxyl groups is 1. The first-order valence-electron chi connectivity index (χ1n) is 9.85. The van der Waals surface area contributed by atoms with Crippen LogP contribution in [0.2, 0.25) is 0 Å². The van der Waals surface area contributed by atoms with E-state index >= 15 is 0 Å². The summed E-state index contributed by atoms with van der Waals surface area (Å²) >= 11 is 5.26. The summed E-state index contributed by atoms with van der Waals surface area (Å²) < 4.78 is 57.6. The summed E-state index contributed by atoms with van der Waals surface area (Å²) in [4.78, 5) is 15.4. The van der Waals surface area contributed by atoms with Crippen LogP contribution in [-0.2, 0) is 24.2 Å². The van der Waals surface area contributed by atoms with Crippen molar-refractivity contribution in [2.24, 2.45) is 0 Å². The fourth-order valence-corrected chi connectivity index (χ4v) is 4.76. The largest absolute Gasteiger partial charge is 0.393 e. The molecule has 0 saturated heterocycles. The molecule has 1 aliphatic heterocycles. The molecule has 0 spiro atoms. The molecule has 4 rings (SSSR count). The van der Waals surface area contributed by atoms with Crippen LogP contribution in [0.5, 0.6) is 0 Å². The Bertz CT molecular complexity index is 1020. The topological polar surface area (TPSA) is 70.0 Å². The zero-order chi connectivity index (χ0) is 21.6. The Morgan fingerprint density at radius 1 is 1.17 bits per heavy atom. The van der Waals surface area contributed by atoms with E-state index in [2.05, 4.69) is 10.3 Å². The highest BCUT2D eigenvalue weighted by molar-refractivity contribution is 7.71. The Labute approximate surface area is 175 Å². The molecule has 1 amide bonds. The fraction of sp³-hybridized carbons (Fsp3) is 0.500. The van der Waals surface area contributed by atoms with Crippen LogP contribution in [0.4, 0.5) is 17.6 Å². The molecule has 1 aromatic carbocycles. The average molecular weight is 443 g/mol. The van der Waals surface area contributed by atoms with E-state index in [1.54, 1.807) is 4.57 Å². The van der Waals surface area contributed by atoms with Crippen LogP contribution >= 0.6 is 12.2 Å². The second-order valence-electron chi connectivity index (χ2n) is 8.00. The molecule has 2 heterocycles. The first-order chi connectivity index (χ1) is 14.2. The predicted octanol–water partition coefficient (Wildman–Crippen LogP) is 3.40. The van der Waals surface area contributed by atoms with Crippen molar-refractivity contribution in [3.05, 3.63) is 51.1 Å². The van der Waals surface area contributed by atoms with Crippen molar-refractivity contribution < 1.29 is 27.5 Å². The molecule has 0 radical (unpaired) electrons. The van der Waals surface area contributed by atoms with Gasteiger partial charge < -0.3 is 20.0 Å². The monoisotopic (exact) mass is 443 g/mol. The van der Waals surface area contributed by atoms with E-state index in [-0.39, 0.29) is 48.3 Å². The van der Waals surface area contributed by atoms with E-state index in [9.17, 15) is 27.5 Å². The molecule has 0 bridgehead atoms. The summed E-state index contributed by atoms with van der Waals surface area (Å²) in [6.07, 6.45) is 2.44. The molecule has 5 nitrogen and oxygen atoms in total. The van der Waals surface area contributed by atoms with Gasteiger partial charge in [-0.3, -0.25) is 4.79 Å². The summed E-state index contributed by atoms with van der Waals surface area (Å²) in [5.41, 5.74) is 0.484. The number of aliphatic hydroxyl groups excluding tert-OH is 1. The number of nitrogens with zero attached hydrogens (tertiary/aromatic N) is 1. The molecule has 30 heavy (non-hydrogen) atoms. The third kappa shape index (κ3) is 3.90. The van der Waals surface area contributed by atoms with Crippen molar-refractivity contribution in [1.82, 2.24) is 14.9 Å². The number of H-pyrrole nitrogens is 1. The number of hydrogen-bond donors (Lipinski definition) is 3. The Hall–Kier alpha value is -2.20. The first kappa shape index (κ1) is 21.0. The number of fused-ring (bicyclic) bond motifs is 1. The number of imidazole rings is 1. The lowest BCUT2D eigenvalue weighted by Gasteiger charge is -2.26. The average Bonchev–Trinajstić information content (AvgIpc) is 3.24. The van der Waals surface area contributed by atoms with E-state index in [0.29, 0.717) is 37.1 Å². The Morgan fingerprint density at radius 2 is 1.80 bits per heavy atom. The van der Waals surface area contributed by atoms with Gasteiger partial charge in [0.25, 0.3) is 0 Å². The lowest BCUT2D eigenvalue weighted by Crippen LogP contribution is -2.39. The molecule has 10 heteroatoms. The minimum absolute atomic E-state index is 0.000221. The lowest BCUT2D eigenvalue weighted by molar-refractivity contribution is -0.121. The van der Waals surface area contributed by atoms with Gasteiger partial charge in [0.15, 0.2) is 28.0 Å². The van der Waals surface area contributed by atoms with Crippen LogP contribution in [0, 0.1) is 28.0 Å². The van der Waals surface area contributed by atoms with Crippen molar-refractivity contribution in [1.29, 1.82) is 0 Å². The number of carbonyl (C=O) groups excluding carboxylic acids is 1. The third-order valence-corrected chi connectivity index (χ3v) is 6.30. The predicted molar refractivity (Wildman–Crippen MR) is 102 cm³/mol. The van der Waals surface area contributed by atoms with Crippen molar-refractivity contribution >= 4 is 18.1 Å². The highest BCUT2D eigenvalue weighted by Gasteiger charge is 2.33. The van der Waals surface area contributed by atoms with Gasteiger partial charge in [-0.15, -0.1) is 0 Å². The van der Waals surface area contributed by atoms with E-state index in [0.717, 1.165) is 0 Å². The van der Waals surface area contributed by atoms with Crippen LogP contribution in [0.3, 0.4) is 0 Å². The molecule has 1 unspecified atom stereocenters. The molecule has 2 aliphatic rings. The number of halogens is 4. The minimum atomic E-state index is -1.44. The molecule has 1 fully saturated rings. The number of carbonyl (C=O) groups is 1. The molecule has 2 aromatic rings. The van der Waals surface area contributed by atoms with Crippen molar-refractivity contribution in [3.8, 4) is 0 Å². The van der Waals surface area contributed by atoms with E-state index < -0.39 is 34.8 Å². The van der Waals surface area contributed by atoms with Crippen LogP contribution in [-0.4, -0.2) is 32.7 Å². The van der Waals surface area contributed by atoms with Gasteiger partial charge in [-0.25, -0.2) is 17.6 Å². The maximum Gasteiger partial charge on any atom is 0.226 e. The van der Waals surface area contributed by atoms with Gasteiger partial charge >= 0.3 is 0 Å². The van der Waals surface area contributed by atoms with Crippen LogP contribution in [0.1, 0.15) is 48.6 Å². The minimum Gasteiger partial charge on any atom is -0.393 e. The Balaban J connectivity index is 1.51. The molecule has 1 aromatic heterocycles. The molecule has 1 atom stereocenters. The molecular weight excluding hydrogens is 422 g/mol. The molecule has 1 aliphatic carbocycles. The van der Waals surface area contributed by atoms with Crippen molar-refractivity contribution in [2.45, 2.75) is 63.1 Å². The summed E-state index contributed by atoms with van der Waals surface area (Å²) in [5, 5.41) is 12.5. The number of aromatic amines is 1. The molecule has 3 N–H and O–H groups in total. The smallest absolute Gasteiger partial charge is 0.226 e. The number of rotatable bonds is 4. The van der Waals surface area contributed by atoms with E-state index in [1.165, 1.54) is 0 Å². The van der Waals surface area contributed by atoms with Gasteiger partial charge in [0, 0.05) is 41.5 Å². The van der Waals surface area contributed by atoms with Gasteiger partial charge in [-0.1, -0.05) is 0 Å². The first-order valence-corrected chi connectivity index (χ1v) is 10.3. The second-order valence-corrected chi connectivity index (χ2v) is 8.39. The highest BCUT2D eigenvalue weighted by atomic mass is 32.1. The number of amides is 1. The maximum absolute atomic E-state index is 14.2. The summed E-state index contributed by atoms with van der Waals surface area (Å²) in [6.45, 7) is 0.0591. The Kier molecular flexibility index (Phi) is 5.71. The zero-order valence-electron chi connectivity index (χ0n) is 16.0. The standard InChI is InChI=1S/C20H21F4N3O2S/c21-12-6-13(22)19(24)17(18(12)23)9-5-15-14(26-20(30)27(15)8-9)7-16(29)25-10-1-3-11(28)4-2-10/h6,9-11,28H,1-5,7-8H2,(H,25,29)(H,26,30). The van der Waals surface area contributed by atoms with Crippen molar-refractivity contribution in [2.75, 3.05) is 0 Å². The fourth-order valence-electron chi connectivity index (χ4n) is 4.45. The van der Waals surface area contributed by atoms with Crippen molar-refractivity contribution in [3.63, 3.8) is 0 Å². The number of aromatic nitrogens is 2. The van der Waals surface area contributed by atoms with Gasteiger partial charge in [-0.2, -0.15) is 0 Å². The number of nitrogens with one attached hydrogen (secondary N) is 2. The number of benzene rings is 1. The van der Waals surface area contributed by atoms with E-state index in [4.69, 9.17) is 12.2 Å². The van der Waals surface area contributed by atoms with Crippen LogP contribution < -0.4 is 5.32 Å². The summed E-state index contributed by atoms with van der Waals surface area (Å²) in [6, 6.07) is 0.182. The van der Waals surface area contributed by atoms with Crippen LogP contribution in [0.25, 0.3) is 0 Å². The summed E-state index contributed by atoms with van der Waals surface area (Å²) in [5.74, 6) is -6.75. The summed E-state index contributed by atoms with van der Waals surface area (Å²) in [7, 11) is 0. The highest BCUT2D eigenvalue weighted by Crippen LogP contribution is 2.36. The quantitative estimate of drug-likeness (QED) is 0.385. The van der Waals surface area contributed by atoms with Gasteiger partial charge in [0.1, 0.15) is 0 Å². The third-order valence-electron chi connectivity index (χ3n) is 5.97. The lowest BCUT2D eigenvalue weighted by atomic mass is 9.93. The van der Waals surface area contributed by atoms with Crippen LogP contribution in [0.15, 0.2) is 6.07 Å². The van der Waals surface area contributed by atoms with Gasteiger partial charge in [0.2, 0.25) is 5.91 Å². The van der Waals surface area contributed by atoms with Gasteiger partial charge in [-0.05, 0) is 44.3 Å². The maximum atomic E-state index is 14.2. The SMILES string of the molecule is O=C(Cc1[nH]c(=S)n2c1CC(c1c(F)c(F)cc(F)c1F)C2)NC1CCC(O)CC1. The normalized spacial score (nSPS) is 23.4. The van der Waals surface area contributed by atoms with Gasteiger partial charge in [0.05, 0.1) is 12.5 Å². The Morgan fingerprint density at radius 3 is 2.43 bits per heavy atom. The molecular formula is C20H21F4N3O2S. The second kappa shape index (κ2) is 8.14. The van der Waals surface area contributed by atoms with E-state index in [1.807, 2.05) is 0 Å². The zero-order valence-corrected chi connectivity index (χ0v) is 16.8. The molecule has 162 valence electrons.